The topological polar surface area (TPSA) is 92.3 Å². The van der Waals surface area contributed by atoms with Crippen LogP contribution in [0.3, 0.4) is 0 Å². The van der Waals surface area contributed by atoms with E-state index < -0.39 is 32.7 Å². The summed E-state index contributed by atoms with van der Waals surface area (Å²) in [5.74, 6) is -2.33. The van der Waals surface area contributed by atoms with Crippen molar-refractivity contribution in [2.45, 2.75) is 10.1 Å². The van der Waals surface area contributed by atoms with E-state index in [2.05, 4.69) is 10.6 Å². The van der Waals surface area contributed by atoms with E-state index in [9.17, 15) is 22.4 Å². The van der Waals surface area contributed by atoms with E-state index in [0.29, 0.717) is 4.88 Å². The van der Waals surface area contributed by atoms with Gasteiger partial charge in [0.15, 0.2) is 9.84 Å². The summed E-state index contributed by atoms with van der Waals surface area (Å²) in [6.07, 6.45) is 0. The van der Waals surface area contributed by atoms with E-state index >= 15 is 0 Å². The van der Waals surface area contributed by atoms with Gasteiger partial charge < -0.3 is 10.6 Å². The first-order chi connectivity index (χ1) is 11.4. The van der Waals surface area contributed by atoms with Crippen LogP contribution in [0.2, 0.25) is 0 Å². The number of nitrogens with one attached hydrogen (secondary N) is 2. The lowest BCUT2D eigenvalue weighted by Gasteiger charge is -2.17. The van der Waals surface area contributed by atoms with Gasteiger partial charge >= 0.3 is 11.8 Å². The van der Waals surface area contributed by atoms with Crippen molar-refractivity contribution >= 4 is 33.0 Å². The second-order valence-electron chi connectivity index (χ2n) is 4.79. The number of amides is 2. The van der Waals surface area contributed by atoms with Gasteiger partial charge in [-0.15, -0.1) is 11.3 Å². The van der Waals surface area contributed by atoms with E-state index in [1.54, 1.807) is 17.5 Å². The highest BCUT2D eigenvalue weighted by Crippen LogP contribution is 2.31. The SMILES string of the molecule is CNC(=O)C(=O)NC[C@@H](c1cccs1)S(=O)(=O)c1ccc(F)cc1. The van der Waals surface area contributed by atoms with E-state index in [1.165, 1.54) is 30.5 Å². The molecule has 1 heterocycles. The summed E-state index contributed by atoms with van der Waals surface area (Å²) in [5.41, 5.74) is 0. The second-order valence-corrected chi connectivity index (χ2v) is 7.90. The molecule has 2 N–H and O–H groups in total. The minimum Gasteiger partial charge on any atom is -0.351 e. The van der Waals surface area contributed by atoms with Gasteiger partial charge in [0.25, 0.3) is 0 Å². The van der Waals surface area contributed by atoms with Crippen molar-refractivity contribution in [2.24, 2.45) is 0 Å². The van der Waals surface area contributed by atoms with Crippen molar-refractivity contribution in [3.05, 3.63) is 52.5 Å². The lowest BCUT2D eigenvalue weighted by Crippen LogP contribution is -2.40. The third-order valence-corrected chi connectivity index (χ3v) is 6.49. The molecule has 128 valence electrons. The molecular weight excluding hydrogens is 355 g/mol. The Morgan fingerprint density at radius 2 is 1.83 bits per heavy atom. The normalized spacial score (nSPS) is 12.4. The van der Waals surface area contributed by atoms with E-state index in [4.69, 9.17) is 0 Å². The van der Waals surface area contributed by atoms with Crippen molar-refractivity contribution in [1.82, 2.24) is 10.6 Å². The fraction of sp³-hybridized carbons (Fsp3) is 0.200. The number of rotatable bonds is 5. The van der Waals surface area contributed by atoms with Gasteiger partial charge in [-0.3, -0.25) is 9.59 Å². The maximum absolute atomic E-state index is 13.0. The van der Waals surface area contributed by atoms with Crippen LogP contribution in [-0.2, 0) is 19.4 Å². The first-order valence-electron chi connectivity index (χ1n) is 6.89. The zero-order valence-electron chi connectivity index (χ0n) is 12.7. The quantitative estimate of drug-likeness (QED) is 0.612. The lowest BCUT2D eigenvalue weighted by atomic mass is 10.3. The van der Waals surface area contributed by atoms with Crippen LogP contribution in [0.25, 0.3) is 0 Å². The molecule has 6 nitrogen and oxygen atoms in total. The molecule has 0 fully saturated rings. The molecule has 1 aromatic heterocycles. The molecule has 2 aromatic rings. The third-order valence-electron chi connectivity index (χ3n) is 3.26. The summed E-state index contributed by atoms with van der Waals surface area (Å²) < 4.78 is 38.7. The Balaban J connectivity index is 2.31. The van der Waals surface area contributed by atoms with E-state index in [0.717, 1.165) is 12.1 Å². The summed E-state index contributed by atoms with van der Waals surface area (Å²) >= 11 is 1.22. The first-order valence-corrected chi connectivity index (χ1v) is 9.31. The van der Waals surface area contributed by atoms with Crippen molar-refractivity contribution in [1.29, 1.82) is 0 Å². The summed E-state index contributed by atoms with van der Waals surface area (Å²) in [5, 5.41) is 5.11. The second kappa shape index (κ2) is 7.54. The average molecular weight is 370 g/mol. The summed E-state index contributed by atoms with van der Waals surface area (Å²) in [4.78, 5) is 23.3. The minimum atomic E-state index is -3.87. The average Bonchev–Trinajstić information content (AvgIpc) is 3.08. The zero-order valence-corrected chi connectivity index (χ0v) is 14.3. The molecule has 0 radical (unpaired) electrons. The minimum absolute atomic E-state index is 0.0588. The molecule has 0 aliphatic heterocycles. The summed E-state index contributed by atoms with van der Waals surface area (Å²) in [6.45, 7) is -0.271. The van der Waals surface area contributed by atoms with Gasteiger partial charge in [-0.2, -0.15) is 0 Å². The van der Waals surface area contributed by atoms with E-state index in [1.807, 2.05) is 0 Å². The molecule has 2 rings (SSSR count). The lowest BCUT2D eigenvalue weighted by molar-refractivity contribution is -0.138. The highest BCUT2D eigenvalue weighted by Gasteiger charge is 2.31. The van der Waals surface area contributed by atoms with E-state index in [-0.39, 0.29) is 11.4 Å². The van der Waals surface area contributed by atoms with Gasteiger partial charge in [-0.25, -0.2) is 12.8 Å². The first kappa shape index (κ1) is 18.1. The van der Waals surface area contributed by atoms with Crippen molar-refractivity contribution in [2.75, 3.05) is 13.6 Å². The van der Waals surface area contributed by atoms with Crippen LogP contribution >= 0.6 is 11.3 Å². The molecule has 24 heavy (non-hydrogen) atoms. The van der Waals surface area contributed by atoms with Gasteiger partial charge in [0, 0.05) is 18.5 Å². The largest absolute Gasteiger partial charge is 0.351 e. The molecular formula is C15H15FN2O4S2. The predicted molar refractivity (Wildman–Crippen MR) is 87.7 cm³/mol. The fourth-order valence-electron chi connectivity index (χ4n) is 2.01. The third kappa shape index (κ3) is 3.98. The zero-order chi connectivity index (χ0) is 17.7. The smallest absolute Gasteiger partial charge is 0.309 e. The van der Waals surface area contributed by atoms with Crippen molar-refractivity contribution in [3.8, 4) is 0 Å². The number of hydrogen-bond donors (Lipinski definition) is 2. The van der Waals surface area contributed by atoms with Crippen LogP contribution in [0.5, 0.6) is 0 Å². The Morgan fingerprint density at radius 1 is 1.17 bits per heavy atom. The Hall–Kier alpha value is -2.26. The number of carbonyl (C=O) groups excluding carboxylic acids is 2. The number of carbonyl (C=O) groups is 2. The van der Waals surface area contributed by atoms with Gasteiger partial charge in [0.05, 0.1) is 4.90 Å². The van der Waals surface area contributed by atoms with Crippen molar-refractivity contribution < 1.29 is 22.4 Å². The highest BCUT2D eigenvalue weighted by molar-refractivity contribution is 7.91. The maximum atomic E-state index is 13.0. The summed E-state index contributed by atoms with van der Waals surface area (Å²) in [6, 6.07) is 7.77. The van der Waals surface area contributed by atoms with Crippen molar-refractivity contribution in [3.63, 3.8) is 0 Å². The predicted octanol–water partition coefficient (Wildman–Crippen LogP) is 1.26. The van der Waals surface area contributed by atoms with Crippen LogP contribution in [0, 0.1) is 5.82 Å². The molecule has 0 saturated carbocycles. The highest BCUT2D eigenvalue weighted by atomic mass is 32.2. The van der Waals surface area contributed by atoms with Crippen LogP contribution in [-0.4, -0.2) is 33.8 Å². The van der Waals surface area contributed by atoms with Crippen LogP contribution < -0.4 is 10.6 Å². The fourth-order valence-corrected chi connectivity index (χ4v) is 4.79. The number of sulfone groups is 1. The Kier molecular flexibility index (Phi) is 5.68. The molecule has 9 heteroatoms. The van der Waals surface area contributed by atoms with Gasteiger partial charge in [-0.1, -0.05) is 6.07 Å². The number of benzene rings is 1. The standard InChI is InChI=1S/C15H15FN2O4S2/c1-17-14(19)15(20)18-9-13(12-3-2-8-23-12)24(21,22)11-6-4-10(16)5-7-11/h2-8,13H,9H2,1H3,(H,17,19)(H,18,20)/t13-/m0/s1. The van der Waals surface area contributed by atoms with Gasteiger partial charge in [-0.05, 0) is 35.7 Å². The molecule has 1 aromatic carbocycles. The number of halogens is 1. The number of thiophene rings is 1. The van der Waals surface area contributed by atoms with Crippen LogP contribution in [0.4, 0.5) is 4.39 Å². The Labute approximate surface area is 142 Å². The number of likely N-dealkylation sites (N-methyl/N-ethyl adjacent to an activating group) is 1. The Morgan fingerprint density at radius 3 is 2.38 bits per heavy atom. The molecule has 0 bridgehead atoms. The maximum Gasteiger partial charge on any atom is 0.309 e. The molecule has 0 unspecified atom stereocenters. The molecule has 0 aliphatic rings. The molecule has 2 amide bonds. The van der Waals surface area contributed by atoms with Crippen LogP contribution in [0.15, 0.2) is 46.7 Å². The monoisotopic (exact) mass is 370 g/mol. The molecule has 0 spiro atoms. The molecule has 0 saturated heterocycles. The molecule has 1 atom stereocenters. The summed E-state index contributed by atoms with van der Waals surface area (Å²) in [7, 11) is -2.57. The van der Waals surface area contributed by atoms with Gasteiger partial charge in [0.2, 0.25) is 0 Å². The molecule has 0 aliphatic carbocycles. The van der Waals surface area contributed by atoms with Crippen LogP contribution in [0.1, 0.15) is 10.1 Å². The number of hydrogen-bond acceptors (Lipinski definition) is 5. The van der Waals surface area contributed by atoms with Gasteiger partial charge in [0.1, 0.15) is 11.1 Å². The Bertz CT molecular complexity index is 818.